The number of pyridine rings is 1. The molecule has 0 bridgehead atoms. The molecule has 1 unspecified atom stereocenters. The van der Waals surface area contributed by atoms with Gasteiger partial charge in [-0.3, -0.25) is 4.98 Å². The first kappa shape index (κ1) is 18.6. The van der Waals surface area contributed by atoms with Gasteiger partial charge in [0.15, 0.2) is 11.5 Å². The first-order valence-electron chi connectivity index (χ1n) is 8.42. The lowest BCUT2D eigenvalue weighted by Gasteiger charge is -2.18. The fourth-order valence-corrected chi connectivity index (χ4v) is 3.17. The van der Waals surface area contributed by atoms with Crippen LogP contribution in [-0.4, -0.2) is 37.4 Å². The molecule has 0 aliphatic carbocycles. The second kappa shape index (κ2) is 8.01. The van der Waals surface area contributed by atoms with Crippen LogP contribution in [-0.2, 0) is 4.65 Å². The fraction of sp³-hybridized carbons (Fsp3) is 0.389. The van der Waals surface area contributed by atoms with Gasteiger partial charge in [-0.25, -0.2) is 8.78 Å². The first-order valence-corrected chi connectivity index (χ1v) is 8.42. The molecule has 138 valence electrons. The molecule has 0 saturated carbocycles. The molecule has 1 aliphatic rings. The zero-order valence-corrected chi connectivity index (χ0v) is 14.6. The van der Waals surface area contributed by atoms with Crippen molar-refractivity contribution >= 4 is 7.12 Å². The summed E-state index contributed by atoms with van der Waals surface area (Å²) < 4.78 is 43.5. The molecule has 8 heteroatoms. The van der Waals surface area contributed by atoms with E-state index >= 15 is 0 Å². The summed E-state index contributed by atoms with van der Waals surface area (Å²) in [5.74, 6) is 0.298. The van der Waals surface area contributed by atoms with Gasteiger partial charge >= 0.3 is 7.12 Å². The molecule has 0 radical (unpaired) electrons. The minimum Gasteiger partial charge on any atom is -0.493 e. The molecule has 1 atom stereocenters. The van der Waals surface area contributed by atoms with Gasteiger partial charge in [0, 0.05) is 30.5 Å². The lowest BCUT2D eigenvalue weighted by molar-refractivity contribution is 0.145. The molecule has 1 aromatic heterocycles. The fourth-order valence-electron chi connectivity index (χ4n) is 3.17. The van der Waals surface area contributed by atoms with E-state index in [0.29, 0.717) is 24.1 Å². The van der Waals surface area contributed by atoms with Crippen LogP contribution in [0.5, 0.6) is 11.5 Å². The highest BCUT2D eigenvalue weighted by Gasteiger charge is 2.30. The van der Waals surface area contributed by atoms with Crippen LogP contribution in [0.25, 0.3) is 11.1 Å². The third kappa shape index (κ3) is 3.66. The van der Waals surface area contributed by atoms with Crippen molar-refractivity contribution in [2.24, 2.45) is 0 Å². The minimum atomic E-state index is -2.73. The lowest BCUT2D eigenvalue weighted by Crippen LogP contribution is -2.07. The van der Waals surface area contributed by atoms with Gasteiger partial charge in [0.05, 0.1) is 19.3 Å². The number of rotatable bonds is 6. The van der Waals surface area contributed by atoms with Crippen LogP contribution >= 0.6 is 0 Å². The number of hydrogen-bond donors (Lipinski definition) is 1. The quantitative estimate of drug-likeness (QED) is 0.794. The number of nitrogens with zero attached hydrogens (tertiary/aromatic N) is 1. The minimum absolute atomic E-state index is 0.0166. The zero-order chi connectivity index (χ0) is 18.7. The lowest BCUT2D eigenvalue weighted by atomic mass is 9.79. The Balaban J connectivity index is 2.07. The monoisotopic (exact) mass is 363 g/mol. The van der Waals surface area contributed by atoms with E-state index in [9.17, 15) is 13.8 Å². The Hall–Kier alpha value is -2.19. The molecule has 1 fully saturated rings. The highest BCUT2D eigenvalue weighted by Crippen LogP contribution is 2.44. The van der Waals surface area contributed by atoms with E-state index in [0.717, 1.165) is 5.56 Å². The summed E-state index contributed by atoms with van der Waals surface area (Å²) in [5, 5.41) is 9.55. The molecule has 0 spiro atoms. The highest BCUT2D eigenvalue weighted by molar-refractivity contribution is 6.43. The summed E-state index contributed by atoms with van der Waals surface area (Å²) in [5.41, 5.74) is 1.53. The molecule has 1 aromatic carbocycles. The summed E-state index contributed by atoms with van der Waals surface area (Å²) in [6, 6.07) is 5.01. The zero-order valence-electron chi connectivity index (χ0n) is 14.6. The SMILES string of the molecule is CCOc1c(OC)ccc(-c2cncc(C3COB(O)C3)c2)c1C(F)F. The van der Waals surface area contributed by atoms with Gasteiger partial charge in [0.2, 0.25) is 0 Å². The third-order valence-corrected chi connectivity index (χ3v) is 4.40. The number of halogens is 2. The number of aromatic nitrogens is 1. The summed E-state index contributed by atoms with van der Waals surface area (Å²) in [7, 11) is 0.617. The van der Waals surface area contributed by atoms with E-state index in [-0.39, 0.29) is 29.6 Å². The number of hydrogen-bond acceptors (Lipinski definition) is 5. The van der Waals surface area contributed by atoms with Gasteiger partial charge in [0.1, 0.15) is 0 Å². The molecule has 3 rings (SSSR count). The Morgan fingerprint density at radius 2 is 2.19 bits per heavy atom. The Kier molecular flexibility index (Phi) is 5.73. The van der Waals surface area contributed by atoms with Crippen molar-refractivity contribution in [3.63, 3.8) is 0 Å². The number of benzene rings is 1. The van der Waals surface area contributed by atoms with Gasteiger partial charge in [-0.05, 0) is 42.6 Å². The van der Waals surface area contributed by atoms with Crippen LogP contribution in [0, 0.1) is 0 Å². The van der Waals surface area contributed by atoms with Gasteiger partial charge in [-0.1, -0.05) is 0 Å². The maximum atomic E-state index is 13.9. The summed E-state index contributed by atoms with van der Waals surface area (Å²) in [6.45, 7) is 2.35. The van der Waals surface area contributed by atoms with Gasteiger partial charge in [0.25, 0.3) is 6.43 Å². The Morgan fingerprint density at radius 1 is 1.38 bits per heavy atom. The van der Waals surface area contributed by atoms with Crippen LogP contribution in [0.1, 0.15) is 30.4 Å². The highest BCUT2D eigenvalue weighted by atomic mass is 19.3. The second-order valence-electron chi connectivity index (χ2n) is 6.02. The van der Waals surface area contributed by atoms with Crippen molar-refractivity contribution in [1.82, 2.24) is 4.98 Å². The van der Waals surface area contributed by atoms with Crippen LogP contribution in [0.3, 0.4) is 0 Å². The van der Waals surface area contributed by atoms with Crippen molar-refractivity contribution in [3.05, 3.63) is 41.7 Å². The Labute approximate surface area is 151 Å². The largest absolute Gasteiger partial charge is 0.493 e. The van der Waals surface area contributed by atoms with Crippen molar-refractivity contribution in [2.75, 3.05) is 20.3 Å². The van der Waals surface area contributed by atoms with E-state index in [4.69, 9.17) is 14.1 Å². The topological polar surface area (TPSA) is 60.8 Å². The smallest absolute Gasteiger partial charge is 0.454 e. The molecule has 1 aliphatic heterocycles. The molecule has 5 nitrogen and oxygen atoms in total. The summed E-state index contributed by atoms with van der Waals surface area (Å²) in [4.78, 5) is 4.20. The van der Waals surface area contributed by atoms with Crippen molar-refractivity contribution in [2.45, 2.75) is 25.6 Å². The maximum Gasteiger partial charge on any atom is 0.454 e. The van der Waals surface area contributed by atoms with Crippen LogP contribution in [0.15, 0.2) is 30.6 Å². The van der Waals surface area contributed by atoms with Crippen molar-refractivity contribution < 1.29 is 27.9 Å². The summed E-state index contributed by atoms with van der Waals surface area (Å²) >= 11 is 0. The van der Waals surface area contributed by atoms with Crippen LogP contribution in [0.4, 0.5) is 8.78 Å². The molecule has 0 amide bonds. The van der Waals surface area contributed by atoms with Gasteiger partial charge in [-0.15, -0.1) is 0 Å². The van der Waals surface area contributed by atoms with Crippen molar-refractivity contribution in [3.8, 4) is 22.6 Å². The second-order valence-corrected chi connectivity index (χ2v) is 6.02. The standard InChI is InChI=1S/C18H20BF2NO4/c1-3-25-17-15(24-2)5-4-14(16(17)18(20)21)12-6-11(8-22-9-12)13-7-19(23)26-10-13/h4-6,8-9,13,18,23H,3,7,10H2,1-2H3. The predicted molar refractivity (Wildman–Crippen MR) is 93.8 cm³/mol. The van der Waals surface area contributed by atoms with Gasteiger partial charge in [-0.2, -0.15) is 0 Å². The molecule has 1 N–H and O–H groups in total. The number of alkyl halides is 2. The van der Waals surface area contributed by atoms with E-state index in [1.165, 1.54) is 7.11 Å². The van der Waals surface area contributed by atoms with Gasteiger partial charge < -0.3 is 19.2 Å². The Morgan fingerprint density at radius 3 is 2.81 bits per heavy atom. The van der Waals surface area contributed by atoms with Crippen LogP contribution < -0.4 is 9.47 Å². The van der Waals surface area contributed by atoms with Crippen molar-refractivity contribution in [1.29, 1.82) is 0 Å². The molecule has 2 heterocycles. The molecule has 2 aromatic rings. The van der Waals surface area contributed by atoms with E-state index < -0.39 is 13.5 Å². The number of ether oxygens (including phenoxy) is 2. The average Bonchev–Trinajstić information content (AvgIpc) is 3.08. The summed E-state index contributed by atoms with van der Waals surface area (Å²) in [6.07, 6.45) is 0.936. The number of methoxy groups -OCH3 is 1. The van der Waals surface area contributed by atoms with Crippen LogP contribution in [0.2, 0.25) is 6.32 Å². The molecular weight excluding hydrogens is 343 g/mol. The molecule has 26 heavy (non-hydrogen) atoms. The normalized spacial score (nSPS) is 17.0. The first-order chi connectivity index (χ1) is 12.5. The third-order valence-electron chi connectivity index (χ3n) is 4.40. The van der Waals surface area contributed by atoms with E-state index in [2.05, 4.69) is 4.98 Å². The van der Waals surface area contributed by atoms with E-state index in [1.807, 2.05) is 6.07 Å². The Bertz CT molecular complexity index is 775. The average molecular weight is 363 g/mol. The maximum absolute atomic E-state index is 13.9. The van der Waals surface area contributed by atoms with E-state index in [1.54, 1.807) is 31.5 Å². The predicted octanol–water partition coefficient (Wildman–Crippen LogP) is 3.69. The molecular formula is C18H20BF2NO4. The molecule has 1 saturated heterocycles.